The van der Waals surface area contributed by atoms with E-state index < -0.39 is 5.54 Å². The van der Waals surface area contributed by atoms with Gasteiger partial charge in [0.25, 0.3) is 5.91 Å². The highest BCUT2D eigenvalue weighted by molar-refractivity contribution is 6.07. The van der Waals surface area contributed by atoms with Crippen molar-refractivity contribution in [1.82, 2.24) is 15.5 Å². The van der Waals surface area contributed by atoms with Crippen LogP contribution in [0.1, 0.15) is 24.0 Å². The van der Waals surface area contributed by atoms with E-state index in [1.807, 2.05) is 12.1 Å². The molecule has 0 unspecified atom stereocenters. The second-order valence-electron chi connectivity index (χ2n) is 5.78. The molecule has 2 heterocycles. The summed E-state index contributed by atoms with van der Waals surface area (Å²) in [4.78, 5) is 26.0. The maximum atomic E-state index is 12.6. The summed E-state index contributed by atoms with van der Waals surface area (Å²) in [6.07, 6.45) is 1.88. The van der Waals surface area contributed by atoms with Gasteiger partial charge in [-0.25, -0.2) is 4.79 Å². The molecule has 2 aliphatic heterocycles. The van der Waals surface area contributed by atoms with Crippen LogP contribution < -0.4 is 10.6 Å². The van der Waals surface area contributed by atoms with Gasteiger partial charge in [-0.1, -0.05) is 12.1 Å². The first-order valence-electron chi connectivity index (χ1n) is 7.48. The van der Waals surface area contributed by atoms with Crippen LogP contribution in [0.25, 0.3) is 0 Å². The first kappa shape index (κ1) is 14.5. The molecule has 2 N–H and O–H groups in total. The molecule has 0 radical (unpaired) electrons. The molecule has 0 aliphatic carbocycles. The molecule has 0 bridgehead atoms. The Kier molecular flexibility index (Phi) is 3.82. The number of nitrogens with zero attached hydrogens (tertiary/aromatic N) is 2. The Morgan fingerprint density at radius 3 is 2.50 bits per heavy atom. The molecule has 3 rings (SSSR count). The van der Waals surface area contributed by atoms with E-state index in [-0.39, 0.29) is 11.9 Å². The quantitative estimate of drug-likeness (QED) is 0.807. The fourth-order valence-corrected chi connectivity index (χ4v) is 3.06. The third-order valence-electron chi connectivity index (χ3n) is 4.41. The number of nitriles is 1. The lowest BCUT2D eigenvalue weighted by atomic mass is 9.88. The summed E-state index contributed by atoms with van der Waals surface area (Å²) in [5.74, 6) is -0.104. The highest BCUT2D eigenvalue weighted by Gasteiger charge is 2.50. The highest BCUT2D eigenvalue weighted by atomic mass is 16.2. The molecule has 6 nitrogen and oxygen atoms in total. The number of hydrogen-bond acceptors (Lipinski definition) is 4. The summed E-state index contributed by atoms with van der Waals surface area (Å²) in [5.41, 5.74) is 0.908. The molecule has 1 aromatic rings. The van der Waals surface area contributed by atoms with E-state index in [9.17, 15) is 9.59 Å². The normalized spacial score (nSPS) is 20.0. The molecule has 1 spiro atoms. The monoisotopic (exact) mass is 298 g/mol. The molecular weight excluding hydrogens is 280 g/mol. The SMILES string of the molecule is N#Cc1ccc(CCN2C(=O)NC3(CCNCC3)C2=O)cc1. The van der Waals surface area contributed by atoms with E-state index in [0.29, 0.717) is 31.4 Å². The van der Waals surface area contributed by atoms with Crippen LogP contribution in [-0.2, 0) is 11.2 Å². The van der Waals surface area contributed by atoms with Gasteiger partial charge in [0.05, 0.1) is 11.6 Å². The topological polar surface area (TPSA) is 85.2 Å². The minimum Gasteiger partial charge on any atom is -0.323 e. The number of piperidine rings is 1. The second-order valence-corrected chi connectivity index (χ2v) is 5.78. The van der Waals surface area contributed by atoms with Crippen molar-refractivity contribution in [3.05, 3.63) is 35.4 Å². The van der Waals surface area contributed by atoms with Crippen LogP contribution in [0.15, 0.2) is 24.3 Å². The van der Waals surface area contributed by atoms with Gasteiger partial charge in [-0.2, -0.15) is 5.26 Å². The molecule has 22 heavy (non-hydrogen) atoms. The van der Waals surface area contributed by atoms with Gasteiger partial charge in [-0.05, 0) is 50.0 Å². The summed E-state index contributed by atoms with van der Waals surface area (Å²) in [5, 5.41) is 14.9. The Morgan fingerprint density at radius 2 is 1.86 bits per heavy atom. The van der Waals surface area contributed by atoms with Crippen LogP contribution in [0.3, 0.4) is 0 Å². The molecule has 0 atom stereocenters. The predicted octanol–water partition coefficient (Wildman–Crippen LogP) is 0.775. The average molecular weight is 298 g/mol. The van der Waals surface area contributed by atoms with Gasteiger partial charge in [0, 0.05) is 6.54 Å². The lowest BCUT2D eigenvalue weighted by Gasteiger charge is -2.31. The number of benzene rings is 1. The van der Waals surface area contributed by atoms with Crippen LogP contribution >= 0.6 is 0 Å². The van der Waals surface area contributed by atoms with Crippen molar-refractivity contribution in [2.45, 2.75) is 24.8 Å². The van der Waals surface area contributed by atoms with E-state index in [2.05, 4.69) is 16.7 Å². The van der Waals surface area contributed by atoms with Crippen molar-refractivity contribution in [1.29, 1.82) is 5.26 Å². The second kappa shape index (κ2) is 5.78. The number of carbonyl (C=O) groups is 2. The van der Waals surface area contributed by atoms with Crippen LogP contribution in [0.2, 0.25) is 0 Å². The Bertz CT molecular complexity index is 627. The summed E-state index contributed by atoms with van der Waals surface area (Å²) in [7, 11) is 0. The van der Waals surface area contributed by atoms with Crippen molar-refractivity contribution in [2.75, 3.05) is 19.6 Å². The summed E-state index contributed by atoms with van der Waals surface area (Å²) < 4.78 is 0. The van der Waals surface area contributed by atoms with Crippen molar-refractivity contribution in [3.8, 4) is 6.07 Å². The lowest BCUT2D eigenvalue weighted by molar-refractivity contribution is -0.132. The van der Waals surface area contributed by atoms with E-state index in [1.165, 1.54) is 4.90 Å². The third-order valence-corrected chi connectivity index (χ3v) is 4.41. The number of hydrogen-bond donors (Lipinski definition) is 2. The standard InChI is InChI=1S/C16H18N4O2/c17-11-13-3-1-12(2-4-13)5-10-20-14(21)16(19-15(20)22)6-8-18-9-7-16/h1-4,18H,5-10H2,(H,19,22). The number of nitrogens with one attached hydrogen (secondary N) is 2. The molecular formula is C16H18N4O2. The molecule has 3 amide bonds. The van der Waals surface area contributed by atoms with Gasteiger partial charge in [-0.15, -0.1) is 0 Å². The average Bonchev–Trinajstić information content (AvgIpc) is 2.77. The van der Waals surface area contributed by atoms with Gasteiger partial charge >= 0.3 is 6.03 Å². The van der Waals surface area contributed by atoms with Gasteiger partial charge in [0.1, 0.15) is 5.54 Å². The Labute approximate surface area is 129 Å². The predicted molar refractivity (Wildman–Crippen MR) is 79.9 cm³/mol. The lowest BCUT2D eigenvalue weighted by Crippen LogP contribution is -2.53. The number of carbonyl (C=O) groups excluding carboxylic acids is 2. The molecule has 114 valence electrons. The van der Waals surface area contributed by atoms with Crippen LogP contribution in [0.4, 0.5) is 4.79 Å². The Hall–Kier alpha value is -2.39. The van der Waals surface area contributed by atoms with E-state index in [1.54, 1.807) is 12.1 Å². The van der Waals surface area contributed by atoms with E-state index in [0.717, 1.165) is 18.7 Å². The molecule has 6 heteroatoms. The van der Waals surface area contributed by atoms with Crippen molar-refractivity contribution < 1.29 is 9.59 Å². The van der Waals surface area contributed by atoms with Gasteiger partial charge in [0.2, 0.25) is 0 Å². The maximum absolute atomic E-state index is 12.6. The Balaban J connectivity index is 1.66. The minimum absolute atomic E-state index is 0.104. The van der Waals surface area contributed by atoms with E-state index in [4.69, 9.17) is 5.26 Å². The van der Waals surface area contributed by atoms with E-state index >= 15 is 0 Å². The number of urea groups is 1. The molecule has 2 fully saturated rings. The van der Waals surface area contributed by atoms with Gasteiger partial charge in [0.15, 0.2) is 0 Å². The molecule has 0 aromatic heterocycles. The number of amides is 3. The van der Waals surface area contributed by atoms with Crippen molar-refractivity contribution in [2.24, 2.45) is 0 Å². The first-order chi connectivity index (χ1) is 10.6. The fraction of sp³-hybridized carbons (Fsp3) is 0.438. The highest BCUT2D eigenvalue weighted by Crippen LogP contribution is 2.27. The number of rotatable bonds is 3. The zero-order valence-corrected chi connectivity index (χ0v) is 12.3. The smallest absolute Gasteiger partial charge is 0.323 e. The van der Waals surface area contributed by atoms with Crippen molar-refractivity contribution in [3.63, 3.8) is 0 Å². The summed E-state index contributed by atoms with van der Waals surface area (Å²) in [6, 6.07) is 8.99. The molecule has 1 aromatic carbocycles. The number of imide groups is 1. The summed E-state index contributed by atoms with van der Waals surface area (Å²) >= 11 is 0. The largest absolute Gasteiger partial charge is 0.325 e. The molecule has 0 saturated carbocycles. The molecule has 2 aliphatic rings. The van der Waals surface area contributed by atoms with Crippen molar-refractivity contribution >= 4 is 11.9 Å². The minimum atomic E-state index is -0.701. The van der Waals surface area contributed by atoms with Gasteiger partial charge < -0.3 is 10.6 Å². The summed E-state index contributed by atoms with van der Waals surface area (Å²) in [6.45, 7) is 1.86. The van der Waals surface area contributed by atoms with Gasteiger partial charge in [-0.3, -0.25) is 9.69 Å². The zero-order chi connectivity index (χ0) is 15.6. The fourth-order valence-electron chi connectivity index (χ4n) is 3.06. The maximum Gasteiger partial charge on any atom is 0.325 e. The van der Waals surface area contributed by atoms with Crippen LogP contribution in [0, 0.1) is 11.3 Å². The Morgan fingerprint density at radius 1 is 1.18 bits per heavy atom. The zero-order valence-electron chi connectivity index (χ0n) is 12.3. The molecule has 2 saturated heterocycles. The first-order valence-corrected chi connectivity index (χ1v) is 7.48. The third kappa shape index (κ3) is 2.55. The van der Waals surface area contributed by atoms with Crippen LogP contribution in [-0.4, -0.2) is 42.0 Å². The van der Waals surface area contributed by atoms with Crippen LogP contribution in [0.5, 0.6) is 0 Å².